The number of nitrogens with zero attached hydrogens (tertiary/aromatic N) is 3. The van der Waals surface area contributed by atoms with Crippen molar-refractivity contribution in [2.75, 3.05) is 18.9 Å². The van der Waals surface area contributed by atoms with Gasteiger partial charge in [-0.1, -0.05) is 74.1 Å². The third-order valence-corrected chi connectivity index (χ3v) is 5.31. The Kier molecular flexibility index (Phi) is 8.23. The predicted molar refractivity (Wildman–Crippen MR) is 121 cm³/mol. The van der Waals surface area contributed by atoms with E-state index in [0.717, 1.165) is 17.7 Å². The van der Waals surface area contributed by atoms with Crippen molar-refractivity contribution in [3.63, 3.8) is 0 Å². The van der Waals surface area contributed by atoms with Gasteiger partial charge in [-0.3, -0.25) is 14.2 Å². The maximum absolute atomic E-state index is 12.1. The molecule has 0 aliphatic heterocycles. The summed E-state index contributed by atoms with van der Waals surface area (Å²) in [7, 11) is 0. The molecular formula is C23H26N4O3S. The zero-order chi connectivity index (χ0) is 22.1. The number of esters is 1. The zero-order valence-electron chi connectivity index (χ0n) is 17.7. The Labute approximate surface area is 186 Å². The molecule has 0 unspecified atom stereocenters. The van der Waals surface area contributed by atoms with Crippen LogP contribution in [0.2, 0.25) is 0 Å². The van der Waals surface area contributed by atoms with Crippen molar-refractivity contribution >= 4 is 23.6 Å². The summed E-state index contributed by atoms with van der Waals surface area (Å²) >= 11 is 1.22. The lowest BCUT2D eigenvalue weighted by molar-refractivity contribution is -0.145. The molecule has 2 aromatic carbocycles. The molecule has 31 heavy (non-hydrogen) atoms. The van der Waals surface area contributed by atoms with Crippen LogP contribution in [0.3, 0.4) is 0 Å². The van der Waals surface area contributed by atoms with Gasteiger partial charge in [0, 0.05) is 17.8 Å². The van der Waals surface area contributed by atoms with Crippen molar-refractivity contribution in [3.8, 4) is 17.1 Å². The van der Waals surface area contributed by atoms with Crippen LogP contribution in [0.4, 0.5) is 0 Å². The van der Waals surface area contributed by atoms with E-state index in [1.165, 1.54) is 11.8 Å². The van der Waals surface area contributed by atoms with Crippen LogP contribution in [0.15, 0.2) is 65.8 Å². The van der Waals surface area contributed by atoms with Crippen LogP contribution < -0.4 is 5.32 Å². The minimum atomic E-state index is -0.479. The fourth-order valence-electron chi connectivity index (χ4n) is 2.81. The first-order valence-electron chi connectivity index (χ1n) is 10.2. The molecule has 0 atom stereocenters. The first-order valence-corrected chi connectivity index (χ1v) is 11.1. The summed E-state index contributed by atoms with van der Waals surface area (Å²) in [5, 5.41) is 11.9. The maximum atomic E-state index is 12.1. The van der Waals surface area contributed by atoms with Crippen LogP contribution in [0.25, 0.3) is 17.1 Å². The number of benzene rings is 2. The highest BCUT2D eigenvalue weighted by atomic mass is 32.2. The molecule has 1 aromatic heterocycles. The highest BCUT2D eigenvalue weighted by Gasteiger charge is 2.17. The number of nitrogens with one attached hydrogen (secondary N) is 1. The first kappa shape index (κ1) is 22.6. The summed E-state index contributed by atoms with van der Waals surface area (Å²) in [6.45, 7) is 4.46. The standard InChI is InChI=1S/C23H26N4O3S/c1-17(2)13-14-24-20(28)15-30-21(29)16-31-23-26-25-22(18-9-5-3-6-10-18)27(23)19-11-7-4-8-12-19/h3-12,17H,13-16H2,1-2H3,(H,24,28). The number of carbonyl (C=O) groups is 2. The molecule has 1 heterocycles. The van der Waals surface area contributed by atoms with Gasteiger partial charge in [0.25, 0.3) is 5.91 Å². The Morgan fingerprint density at radius 2 is 1.71 bits per heavy atom. The monoisotopic (exact) mass is 438 g/mol. The van der Waals surface area contributed by atoms with Crippen LogP contribution in [0.1, 0.15) is 20.3 Å². The fraction of sp³-hybridized carbons (Fsp3) is 0.304. The van der Waals surface area contributed by atoms with E-state index < -0.39 is 5.97 Å². The average molecular weight is 439 g/mol. The van der Waals surface area contributed by atoms with Crippen molar-refractivity contribution < 1.29 is 14.3 Å². The van der Waals surface area contributed by atoms with E-state index in [-0.39, 0.29) is 18.3 Å². The normalized spacial score (nSPS) is 10.8. The molecule has 0 fully saturated rings. The second-order valence-corrected chi connectivity index (χ2v) is 8.27. The Bertz CT molecular complexity index is 991. The number of ether oxygens (including phenoxy) is 1. The molecular weight excluding hydrogens is 412 g/mol. The van der Waals surface area contributed by atoms with Gasteiger partial charge in [-0.15, -0.1) is 10.2 Å². The molecule has 1 N–H and O–H groups in total. The Hall–Kier alpha value is -3.13. The van der Waals surface area contributed by atoms with Crippen molar-refractivity contribution in [1.82, 2.24) is 20.1 Å². The molecule has 0 bridgehead atoms. The van der Waals surface area contributed by atoms with Crippen molar-refractivity contribution in [2.45, 2.75) is 25.4 Å². The summed E-state index contributed by atoms with van der Waals surface area (Å²) < 4.78 is 7.00. The quantitative estimate of drug-likeness (QED) is 0.383. The molecule has 1 amide bonds. The summed E-state index contributed by atoms with van der Waals surface area (Å²) in [5.41, 5.74) is 1.82. The van der Waals surface area contributed by atoms with Crippen LogP contribution in [0.5, 0.6) is 0 Å². The number of aromatic nitrogens is 3. The maximum Gasteiger partial charge on any atom is 0.316 e. The number of rotatable bonds is 10. The molecule has 0 aliphatic rings. The predicted octanol–water partition coefficient (Wildman–Crippen LogP) is 3.73. The van der Waals surface area contributed by atoms with Crippen LogP contribution in [-0.2, 0) is 14.3 Å². The van der Waals surface area contributed by atoms with Gasteiger partial charge in [-0.05, 0) is 24.5 Å². The number of amides is 1. The summed E-state index contributed by atoms with van der Waals surface area (Å²) in [5.74, 6) is 0.443. The SMILES string of the molecule is CC(C)CCNC(=O)COC(=O)CSc1nnc(-c2ccccc2)n1-c1ccccc1. The van der Waals surface area contributed by atoms with Gasteiger partial charge in [-0.2, -0.15) is 0 Å². The summed E-state index contributed by atoms with van der Waals surface area (Å²) in [6, 6.07) is 19.5. The van der Waals surface area contributed by atoms with E-state index in [1.807, 2.05) is 65.2 Å². The first-order chi connectivity index (χ1) is 15.0. The van der Waals surface area contributed by atoms with Gasteiger partial charge in [0.2, 0.25) is 0 Å². The minimum Gasteiger partial charge on any atom is -0.455 e. The lowest BCUT2D eigenvalue weighted by Crippen LogP contribution is -2.30. The topological polar surface area (TPSA) is 86.1 Å². The van der Waals surface area contributed by atoms with E-state index in [1.54, 1.807) is 0 Å². The van der Waals surface area contributed by atoms with Gasteiger partial charge < -0.3 is 10.1 Å². The molecule has 3 aromatic rings. The molecule has 0 saturated carbocycles. The largest absolute Gasteiger partial charge is 0.455 e. The van der Waals surface area contributed by atoms with Crippen molar-refractivity contribution in [3.05, 3.63) is 60.7 Å². The van der Waals surface area contributed by atoms with E-state index in [2.05, 4.69) is 29.4 Å². The zero-order valence-corrected chi connectivity index (χ0v) is 18.5. The van der Waals surface area contributed by atoms with Gasteiger partial charge >= 0.3 is 5.97 Å². The smallest absolute Gasteiger partial charge is 0.316 e. The second-order valence-electron chi connectivity index (χ2n) is 7.32. The van der Waals surface area contributed by atoms with Crippen LogP contribution >= 0.6 is 11.8 Å². The molecule has 7 nitrogen and oxygen atoms in total. The number of thioether (sulfide) groups is 1. The lowest BCUT2D eigenvalue weighted by Gasteiger charge is -2.10. The van der Waals surface area contributed by atoms with E-state index in [0.29, 0.717) is 23.4 Å². The molecule has 3 rings (SSSR count). The second kappa shape index (κ2) is 11.3. The third kappa shape index (κ3) is 6.68. The van der Waals surface area contributed by atoms with Gasteiger partial charge in [0.15, 0.2) is 17.6 Å². The molecule has 0 radical (unpaired) electrons. The minimum absolute atomic E-state index is 0.0268. The number of para-hydroxylation sites is 1. The molecule has 8 heteroatoms. The van der Waals surface area contributed by atoms with Crippen LogP contribution in [0, 0.1) is 5.92 Å². The van der Waals surface area contributed by atoms with Gasteiger partial charge in [0.1, 0.15) is 0 Å². The van der Waals surface area contributed by atoms with Crippen LogP contribution in [-0.4, -0.2) is 45.5 Å². The molecule has 0 spiro atoms. The highest BCUT2D eigenvalue weighted by molar-refractivity contribution is 7.99. The third-order valence-electron chi connectivity index (χ3n) is 4.41. The lowest BCUT2D eigenvalue weighted by atomic mass is 10.1. The van der Waals surface area contributed by atoms with E-state index in [4.69, 9.17) is 4.74 Å². The van der Waals surface area contributed by atoms with Gasteiger partial charge in [0.05, 0.1) is 5.75 Å². The van der Waals surface area contributed by atoms with Crippen molar-refractivity contribution in [1.29, 1.82) is 0 Å². The summed E-state index contributed by atoms with van der Waals surface area (Å²) in [4.78, 5) is 23.9. The Balaban J connectivity index is 1.63. The van der Waals surface area contributed by atoms with E-state index >= 15 is 0 Å². The fourth-order valence-corrected chi connectivity index (χ4v) is 3.56. The molecule has 0 saturated heterocycles. The number of carbonyl (C=O) groups excluding carboxylic acids is 2. The molecule has 0 aliphatic carbocycles. The molecule has 162 valence electrons. The number of hydrogen-bond acceptors (Lipinski definition) is 6. The van der Waals surface area contributed by atoms with E-state index in [9.17, 15) is 9.59 Å². The Morgan fingerprint density at radius 1 is 1.03 bits per heavy atom. The Morgan fingerprint density at radius 3 is 2.39 bits per heavy atom. The highest BCUT2D eigenvalue weighted by Crippen LogP contribution is 2.27. The number of hydrogen-bond donors (Lipinski definition) is 1. The summed E-state index contributed by atoms with van der Waals surface area (Å²) in [6.07, 6.45) is 0.883. The average Bonchev–Trinajstić information content (AvgIpc) is 3.21. The van der Waals surface area contributed by atoms with Crippen molar-refractivity contribution in [2.24, 2.45) is 5.92 Å². The van der Waals surface area contributed by atoms with Gasteiger partial charge in [-0.25, -0.2) is 0 Å².